The Labute approximate surface area is 178 Å². The molecule has 2 heterocycles. The van der Waals surface area contributed by atoms with Crippen molar-refractivity contribution >= 4 is 55.9 Å². The first-order chi connectivity index (χ1) is 13.0. The van der Waals surface area contributed by atoms with Crippen LogP contribution in [-0.2, 0) is 17.3 Å². The fraction of sp³-hybridized carbons (Fsp3) is 0.364. The van der Waals surface area contributed by atoms with Crippen LogP contribution in [0, 0.1) is 0 Å². The highest BCUT2D eigenvalue weighted by molar-refractivity contribution is 7.19. The van der Waals surface area contributed by atoms with Gasteiger partial charge in [-0.25, -0.2) is 9.97 Å². The van der Waals surface area contributed by atoms with Crippen molar-refractivity contribution in [1.82, 2.24) is 9.97 Å². The minimum absolute atomic E-state index is 0.165. The molecule has 0 atom stereocenters. The van der Waals surface area contributed by atoms with E-state index in [9.17, 15) is 0 Å². The number of aromatic nitrogens is 2. The summed E-state index contributed by atoms with van der Waals surface area (Å²) in [6, 6.07) is 9.88. The van der Waals surface area contributed by atoms with E-state index < -0.39 is 0 Å². The average Bonchev–Trinajstić information content (AvgIpc) is 3.19. The lowest BCUT2D eigenvalue weighted by Gasteiger charge is -2.22. The molecule has 0 saturated carbocycles. The van der Waals surface area contributed by atoms with Gasteiger partial charge in [-0.05, 0) is 36.2 Å². The highest BCUT2D eigenvalue weighted by Crippen LogP contribution is 2.38. The summed E-state index contributed by atoms with van der Waals surface area (Å²) in [5.74, 6) is 0.696. The molecule has 0 spiro atoms. The molecule has 0 radical (unpaired) electrons. The van der Waals surface area contributed by atoms with Crippen LogP contribution in [0.4, 0.5) is 0 Å². The number of hydrogen-bond acceptors (Lipinski definition) is 4. The molecule has 2 aromatic carbocycles. The van der Waals surface area contributed by atoms with Gasteiger partial charge >= 0.3 is 0 Å². The molecular formula is C22H22Cl2N2OS. The van der Waals surface area contributed by atoms with E-state index in [0.717, 1.165) is 43.3 Å². The Morgan fingerprint density at radius 3 is 2.43 bits per heavy atom. The predicted molar refractivity (Wildman–Crippen MR) is 119 cm³/mol. The fourth-order valence-electron chi connectivity index (χ4n) is 3.26. The number of halogens is 2. The standard InChI is InChI=1S/C22H22Cl2N2OS/c1-21(2,3)19-26-17-14(24)9-12(10-16(17)27-19)11-22(4,5)20-25-15-8-6-7-13(23)18(15)28-20/h6-10H,11H2,1-5H3. The average molecular weight is 433 g/mol. The Kier molecular flexibility index (Phi) is 4.72. The van der Waals surface area contributed by atoms with Crippen LogP contribution in [0.5, 0.6) is 0 Å². The Morgan fingerprint density at radius 1 is 1.00 bits per heavy atom. The van der Waals surface area contributed by atoms with E-state index in [4.69, 9.17) is 32.6 Å². The summed E-state index contributed by atoms with van der Waals surface area (Å²) < 4.78 is 7.05. The Balaban J connectivity index is 1.72. The number of fused-ring (bicyclic) bond motifs is 2. The van der Waals surface area contributed by atoms with Gasteiger partial charge in [0.2, 0.25) is 5.89 Å². The van der Waals surface area contributed by atoms with Crippen LogP contribution in [0.15, 0.2) is 34.7 Å². The van der Waals surface area contributed by atoms with Gasteiger partial charge < -0.3 is 4.42 Å². The molecule has 146 valence electrons. The molecule has 0 aliphatic carbocycles. The predicted octanol–water partition coefficient (Wildman–Crippen LogP) is 7.56. The lowest BCUT2D eigenvalue weighted by molar-refractivity contribution is 0.410. The molecule has 2 aromatic heterocycles. The summed E-state index contributed by atoms with van der Waals surface area (Å²) in [5.41, 5.74) is 3.16. The summed E-state index contributed by atoms with van der Waals surface area (Å²) in [7, 11) is 0. The summed E-state index contributed by atoms with van der Waals surface area (Å²) >= 11 is 14.5. The molecule has 4 aromatic rings. The minimum atomic E-state index is -0.170. The lowest BCUT2D eigenvalue weighted by Crippen LogP contribution is -2.20. The molecule has 0 unspecified atom stereocenters. The number of nitrogens with zero attached hydrogens (tertiary/aromatic N) is 2. The molecule has 0 N–H and O–H groups in total. The number of thiazole rings is 1. The van der Waals surface area contributed by atoms with Crippen LogP contribution >= 0.6 is 34.5 Å². The Morgan fingerprint density at radius 2 is 1.75 bits per heavy atom. The normalized spacial score (nSPS) is 13.0. The molecule has 3 nitrogen and oxygen atoms in total. The molecule has 28 heavy (non-hydrogen) atoms. The molecule has 0 bridgehead atoms. The minimum Gasteiger partial charge on any atom is -0.440 e. The van der Waals surface area contributed by atoms with Crippen molar-refractivity contribution in [2.75, 3.05) is 0 Å². The van der Waals surface area contributed by atoms with E-state index in [0.29, 0.717) is 10.9 Å². The van der Waals surface area contributed by atoms with E-state index in [1.165, 1.54) is 0 Å². The molecule has 6 heteroatoms. The number of benzene rings is 2. The van der Waals surface area contributed by atoms with Crippen molar-refractivity contribution in [3.8, 4) is 0 Å². The Bertz CT molecular complexity index is 1180. The fourth-order valence-corrected chi connectivity index (χ4v) is 4.89. The van der Waals surface area contributed by atoms with Crippen molar-refractivity contribution in [3.63, 3.8) is 0 Å². The van der Waals surface area contributed by atoms with Gasteiger partial charge in [-0.3, -0.25) is 0 Å². The Hall–Kier alpha value is -1.62. The number of rotatable bonds is 3. The third kappa shape index (κ3) is 3.54. The second-order valence-electron chi connectivity index (χ2n) is 8.86. The molecular weight excluding hydrogens is 411 g/mol. The zero-order chi connectivity index (χ0) is 20.3. The smallest absolute Gasteiger partial charge is 0.200 e. The van der Waals surface area contributed by atoms with Crippen molar-refractivity contribution in [1.29, 1.82) is 0 Å². The van der Waals surface area contributed by atoms with Gasteiger partial charge in [-0.2, -0.15) is 0 Å². The number of hydrogen-bond donors (Lipinski definition) is 0. The summed E-state index contributed by atoms with van der Waals surface area (Å²) in [5, 5.41) is 2.42. The topological polar surface area (TPSA) is 38.9 Å². The second-order valence-corrected chi connectivity index (χ2v) is 10.7. The van der Waals surface area contributed by atoms with Gasteiger partial charge in [0.25, 0.3) is 0 Å². The lowest BCUT2D eigenvalue weighted by atomic mass is 9.86. The SMILES string of the molecule is CC(C)(C)c1nc2c(Cl)cc(CC(C)(C)c3nc4cccc(Cl)c4s3)cc2o1. The van der Waals surface area contributed by atoms with Crippen LogP contribution in [0.3, 0.4) is 0 Å². The van der Waals surface area contributed by atoms with E-state index in [1.807, 2.05) is 30.3 Å². The van der Waals surface area contributed by atoms with Gasteiger partial charge in [0, 0.05) is 10.8 Å². The van der Waals surface area contributed by atoms with Gasteiger partial charge in [0.1, 0.15) is 5.52 Å². The van der Waals surface area contributed by atoms with E-state index in [2.05, 4.69) is 39.6 Å². The van der Waals surface area contributed by atoms with Gasteiger partial charge in [-0.1, -0.05) is 63.9 Å². The zero-order valence-corrected chi connectivity index (χ0v) is 18.9. The highest BCUT2D eigenvalue weighted by Gasteiger charge is 2.27. The van der Waals surface area contributed by atoms with Crippen molar-refractivity contribution in [3.05, 3.63) is 56.8 Å². The largest absolute Gasteiger partial charge is 0.440 e. The van der Waals surface area contributed by atoms with E-state index in [1.54, 1.807) is 11.3 Å². The van der Waals surface area contributed by atoms with Crippen LogP contribution in [0.2, 0.25) is 10.0 Å². The van der Waals surface area contributed by atoms with Gasteiger partial charge in [0.05, 0.1) is 25.3 Å². The molecule has 0 aliphatic rings. The maximum Gasteiger partial charge on any atom is 0.200 e. The summed E-state index contributed by atoms with van der Waals surface area (Å²) in [6.45, 7) is 10.6. The quantitative estimate of drug-likeness (QED) is 0.335. The van der Waals surface area contributed by atoms with Gasteiger partial charge in [0.15, 0.2) is 5.58 Å². The van der Waals surface area contributed by atoms with Gasteiger partial charge in [-0.15, -0.1) is 11.3 Å². The van der Waals surface area contributed by atoms with Crippen LogP contribution in [0.1, 0.15) is 51.1 Å². The van der Waals surface area contributed by atoms with E-state index >= 15 is 0 Å². The zero-order valence-electron chi connectivity index (χ0n) is 16.6. The van der Waals surface area contributed by atoms with Crippen molar-refractivity contribution in [2.45, 2.75) is 51.9 Å². The number of oxazole rings is 1. The maximum absolute atomic E-state index is 6.53. The molecule has 0 amide bonds. The second kappa shape index (κ2) is 6.72. The van der Waals surface area contributed by atoms with Crippen molar-refractivity contribution in [2.24, 2.45) is 0 Å². The first-order valence-corrected chi connectivity index (χ1v) is 10.8. The first-order valence-electron chi connectivity index (χ1n) is 9.19. The first kappa shape index (κ1) is 19.7. The summed E-state index contributed by atoms with van der Waals surface area (Å²) in [4.78, 5) is 9.42. The molecule has 4 rings (SSSR count). The van der Waals surface area contributed by atoms with E-state index in [-0.39, 0.29) is 10.8 Å². The van der Waals surface area contributed by atoms with Crippen LogP contribution in [-0.4, -0.2) is 9.97 Å². The highest BCUT2D eigenvalue weighted by atomic mass is 35.5. The van der Waals surface area contributed by atoms with Crippen molar-refractivity contribution < 1.29 is 4.42 Å². The van der Waals surface area contributed by atoms with Crippen LogP contribution < -0.4 is 0 Å². The maximum atomic E-state index is 6.53. The van der Waals surface area contributed by atoms with Crippen LogP contribution in [0.25, 0.3) is 21.3 Å². The molecule has 0 fully saturated rings. The molecule has 0 aliphatic heterocycles. The summed E-state index contributed by atoms with van der Waals surface area (Å²) in [6.07, 6.45) is 0.783. The third-order valence-electron chi connectivity index (χ3n) is 4.74. The monoisotopic (exact) mass is 432 g/mol. The molecule has 0 saturated heterocycles. The third-order valence-corrected chi connectivity index (χ3v) is 6.93.